The second kappa shape index (κ2) is 8.52. The highest BCUT2D eigenvalue weighted by molar-refractivity contribution is 5.93. The van der Waals surface area contributed by atoms with Crippen molar-refractivity contribution >= 4 is 28.4 Å². The van der Waals surface area contributed by atoms with E-state index in [4.69, 9.17) is 0 Å². The van der Waals surface area contributed by atoms with Crippen LogP contribution in [0.25, 0.3) is 10.9 Å². The molecule has 150 valence electrons. The minimum absolute atomic E-state index is 0.00276. The van der Waals surface area contributed by atoms with Gasteiger partial charge < -0.3 is 15.2 Å². The molecule has 1 saturated heterocycles. The van der Waals surface area contributed by atoms with Crippen LogP contribution in [0.3, 0.4) is 0 Å². The quantitative estimate of drug-likeness (QED) is 0.684. The Morgan fingerprint density at radius 1 is 1.14 bits per heavy atom. The fourth-order valence-corrected chi connectivity index (χ4v) is 4.04. The van der Waals surface area contributed by atoms with Crippen molar-refractivity contribution in [2.45, 2.75) is 32.6 Å². The largest absolute Gasteiger partial charge is 0.361 e. The molecule has 0 saturated carbocycles. The van der Waals surface area contributed by atoms with E-state index in [1.165, 1.54) is 10.9 Å². The van der Waals surface area contributed by atoms with E-state index in [0.717, 1.165) is 36.2 Å². The monoisotopic (exact) mass is 389 g/mol. The van der Waals surface area contributed by atoms with E-state index in [1.807, 2.05) is 60.5 Å². The topological polar surface area (TPSA) is 65.2 Å². The van der Waals surface area contributed by atoms with E-state index in [2.05, 4.69) is 16.4 Å². The van der Waals surface area contributed by atoms with Gasteiger partial charge in [-0.25, -0.2) is 0 Å². The van der Waals surface area contributed by atoms with Crippen LogP contribution in [0.15, 0.2) is 54.7 Å². The number of aromatic amines is 1. The van der Waals surface area contributed by atoms with Crippen molar-refractivity contribution in [2.24, 2.45) is 5.92 Å². The lowest BCUT2D eigenvalue weighted by atomic mass is 9.96. The van der Waals surface area contributed by atoms with Gasteiger partial charge in [0.1, 0.15) is 0 Å². The van der Waals surface area contributed by atoms with Gasteiger partial charge in [0.25, 0.3) is 0 Å². The summed E-state index contributed by atoms with van der Waals surface area (Å²) in [6.07, 6.45) is 4.86. The van der Waals surface area contributed by atoms with Crippen LogP contribution in [0.1, 0.15) is 30.4 Å². The second-order valence-electron chi connectivity index (χ2n) is 7.89. The summed E-state index contributed by atoms with van der Waals surface area (Å²) in [5.41, 5.74) is 4.23. The molecule has 0 radical (unpaired) electrons. The van der Waals surface area contributed by atoms with Crippen LogP contribution in [0.5, 0.6) is 0 Å². The minimum atomic E-state index is -0.151. The summed E-state index contributed by atoms with van der Waals surface area (Å²) in [6, 6.07) is 15.9. The maximum absolute atomic E-state index is 12.8. The molecule has 2 aromatic carbocycles. The van der Waals surface area contributed by atoms with Crippen LogP contribution in [0.4, 0.5) is 5.69 Å². The Morgan fingerprint density at radius 2 is 1.93 bits per heavy atom. The molecular weight excluding hydrogens is 362 g/mol. The first-order valence-corrected chi connectivity index (χ1v) is 10.3. The summed E-state index contributed by atoms with van der Waals surface area (Å²) in [6.45, 7) is 3.26. The molecule has 5 heteroatoms. The first-order chi connectivity index (χ1) is 14.1. The van der Waals surface area contributed by atoms with Gasteiger partial charge in [0.05, 0.1) is 5.92 Å². The van der Waals surface area contributed by atoms with E-state index in [0.29, 0.717) is 19.4 Å². The number of carbonyl (C=O) groups is 2. The van der Waals surface area contributed by atoms with Crippen LogP contribution in [0.2, 0.25) is 0 Å². The molecule has 1 aromatic heterocycles. The number of H-pyrrole nitrogens is 1. The molecule has 5 nitrogen and oxygen atoms in total. The fraction of sp³-hybridized carbons (Fsp3) is 0.333. The number of aryl methyl sites for hydroxylation is 2. The Labute approximate surface area is 171 Å². The van der Waals surface area contributed by atoms with E-state index < -0.39 is 0 Å². The second-order valence-corrected chi connectivity index (χ2v) is 7.89. The number of amides is 2. The number of nitrogens with one attached hydrogen (secondary N) is 2. The lowest BCUT2D eigenvalue weighted by Gasteiger charge is -2.32. The van der Waals surface area contributed by atoms with Gasteiger partial charge in [-0.05, 0) is 49.9 Å². The summed E-state index contributed by atoms with van der Waals surface area (Å²) in [5.74, 6) is -0.0202. The Balaban J connectivity index is 1.33. The number of fused-ring (bicyclic) bond motifs is 1. The van der Waals surface area contributed by atoms with Crippen LogP contribution < -0.4 is 5.32 Å². The number of piperidine rings is 1. The van der Waals surface area contributed by atoms with E-state index in [9.17, 15) is 9.59 Å². The molecule has 1 aliphatic rings. The molecular formula is C24H27N3O2. The third kappa shape index (κ3) is 4.50. The zero-order valence-electron chi connectivity index (χ0n) is 16.8. The highest BCUT2D eigenvalue weighted by atomic mass is 16.2. The van der Waals surface area contributed by atoms with Crippen molar-refractivity contribution in [3.05, 3.63) is 65.9 Å². The SMILES string of the molecule is Cc1ccc(NC(=O)C2CCCN(C(=O)CCc3c[nH]c4ccccc34)C2)cc1. The number of carbonyl (C=O) groups excluding carboxylic acids is 2. The molecule has 0 bridgehead atoms. The Bertz CT molecular complexity index is 1010. The molecule has 3 aromatic rings. The van der Waals surface area contributed by atoms with Gasteiger partial charge in [0.2, 0.25) is 11.8 Å². The predicted octanol–water partition coefficient (Wildman–Crippen LogP) is 4.29. The normalized spacial score (nSPS) is 16.7. The number of nitrogens with zero attached hydrogens (tertiary/aromatic N) is 1. The number of anilines is 1. The first kappa shape index (κ1) is 19.2. The molecule has 29 heavy (non-hydrogen) atoms. The molecule has 2 amide bonds. The molecule has 4 rings (SSSR count). The first-order valence-electron chi connectivity index (χ1n) is 10.3. The zero-order chi connectivity index (χ0) is 20.2. The summed E-state index contributed by atoms with van der Waals surface area (Å²) in [7, 11) is 0. The molecule has 0 aliphatic carbocycles. The molecule has 1 fully saturated rings. The molecule has 1 atom stereocenters. The number of para-hydroxylation sites is 1. The van der Waals surface area contributed by atoms with Crippen molar-refractivity contribution in [1.29, 1.82) is 0 Å². The highest BCUT2D eigenvalue weighted by Gasteiger charge is 2.28. The van der Waals surface area contributed by atoms with Crippen molar-refractivity contribution in [3.63, 3.8) is 0 Å². The van der Waals surface area contributed by atoms with E-state index >= 15 is 0 Å². The van der Waals surface area contributed by atoms with Gasteiger partial charge in [-0.2, -0.15) is 0 Å². The Morgan fingerprint density at radius 3 is 2.76 bits per heavy atom. The number of rotatable bonds is 5. The number of hydrogen-bond donors (Lipinski definition) is 2. The van der Waals surface area contributed by atoms with E-state index in [-0.39, 0.29) is 17.7 Å². The third-order valence-corrected chi connectivity index (χ3v) is 5.75. The average molecular weight is 389 g/mol. The third-order valence-electron chi connectivity index (χ3n) is 5.75. The van der Waals surface area contributed by atoms with Crippen LogP contribution in [0, 0.1) is 12.8 Å². The highest BCUT2D eigenvalue weighted by Crippen LogP contribution is 2.22. The maximum atomic E-state index is 12.8. The van der Waals surface area contributed by atoms with Crippen molar-refractivity contribution < 1.29 is 9.59 Å². The molecule has 1 aliphatic heterocycles. The fourth-order valence-electron chi connectivity index (χ4n) is 4.04. The number of likely N-dealkylation sites (tertiary alicyclic amines) is 1. The molecule has 0 spiro atoms. The lowest BCUT2D eigenvalue weighted by molar-refractivity contribution is -0.134. The summed E-state index contributed by atoms with van der Waals surface area (Å²) < 4.78 is 0. The van der Waals surface area contributed by atoms with Gasteiger partial charge in [0, 0.05) is 42.3 Å². The average Bonchev–Trinajstić information content (AvgIpc) is 3.17. The smallest absolute Gasteiger partial charge is 0.229 e. The van der Waals surface area contributed by atoms with Gasteiger partial charge in [-0.15, -0.1) is 0 Å². The number of benzene rings is 2. The standard InChI is InChI=1S/C24H27N3O2/c1-17-8-11-20(12-9-17)26-24(29)19-5-4-14-27(16-19)23(28)13-10-18-15-25-22-7-3-2-6-21(18)22/h2-3,6-9,11-12,15,19,25H,4-5,10,13-14,16H2,1H3,(H,26,29). The van der Waals surface area contributed by atoms with Crippen molar-refractivity contribution in [3.8, 4) is 0 Å². The van der Waals surface area contributed by atoms with Crippen molar-refractivity contribution in [2.75, 3.05) is 18.4 Å². The molecule has 2 N–H and O–H groups in total. The number of hydrogen-bond acceptors (Lipinski definition) is 2. The number of aromatic nitrogens is 1. The minimum Gasteiger partial charge on any atom is -0.361 e. The predicted molar refractivity (Wildman–Crippen MR) is 116 cm³/mol. The van der Waals surface area contributed by atoms with Gasteiger partial charge in [0.15, 0.2) is 0 Å². The molecule has 2 heterocycles. The summed E-state index contributed by atoms with van der Waals surface area (Å²) >= 11 is 0. The van der Waals surface area contributed by atoms with Gasteiger partial charge >= 0.3 is 0 Å². The summed E-state index contributed by atoms with van der Waals surface area (Å²) in [4.78, 5) is 30.6. The Hall–Kier alpha value is -3.08. The summed E-state index contributed by atoms with van der Waals surface area (Å²) in [5, 5.41) is 4.17. The van der Waals surface area contributed by atoms with Gasteiger partial charge in [-0.1, -0.05) is 35.9 Å². The van der Waals surface area contributed by atoms with Crippen LogP contribution in [-0.4, -0.2) is 34.8 Å². The van der Waals surface area contributed by atoms with E-state index in [1.54, 1.807) is 0 Å². The maximum Gasteiger partial charge on any atom is 0.229 e. The lowest BCUT2D eigenvalue weighted by Crippen LogP contribution is -2.43. The van der Waals surface area contributed by atoms with Crippen LogP contribution in [-0.2, 0) is 16.0 Å². The zero-order valence-corrected chi connectivity index (χ0v) is 16.8. The van der Waals surface area contributed by atoms with Crippen molar-refractivity contribution in [1.82, 2.24) is 9.88 Å². The van der Waals surface area contributed by atoms with Gasteiger partial charge in [-0.3, -0.25) is 9.59 Å². The molecule has 1 unspecified atom stereocenters. The van der Waals surface area contributed by atoms with Crippen LogP contribution >= 0.6 is 0 Å². The Kier molecular flexibility index (Phi) is 5.65.